The van der Waals surface area contributed by atoms with Crippen molar-refractivity contribution in [1.29, 1.82) is 0 Å². The van der Waals surface area contributed by atoms with Crippen molar-refractivity contribution in [2.75, 3.05) is 18.9 Å². The lowest BCUT2D eigenvalue weighted by atomic mass is 10.3. The Morgan fingerprint density at radius 1 is 1.30 bits per heavy atom. The van der Waals surface area contributed by atoms with Crippen LogP contribution in [0, 0.1) is 0 Å². The normalized spacial score (nSPS) is 9.90. The smallest absolute Gasteiger partial charge is 0.325 e. The van der Waals surface area contributed by atoms with Crippen molar-refractivity contribution in [3.05, 3.63) is 41.1 Å². The molecule has 0 saturated heterocycles. The second kappa shape index (κ2) is 6.88. The molecule has 2 rings (SSSR count). The highest BCUT2D eigenvalue weighted by molar-refractivity contribution is 5.92. The molecule has 0 fully saturated rings. The fourth-order valence-electron chi connectivity index (χ4n) is 1.61. The number of rotatable bonds is 4. The molecule has 2 N–H and O–H groups in total. The van der Waals surface area contributed by atoms with E-state index in [2.05, 4.69) is 15.7 Å². The molecule has 0 saturated carbocycles. The molecule has 1 aromatic carbocycles. The zero-order valence-corrected chi connectivity index (χ0v) is 12.0. The van der Waals surface area contributed by atoms with Gasteiger partial charge in [-0.1, -0.05) is 0 Å². The number of amides is 1. The van der Waals surface area contributed by atoms with Gasteiger partial charge in [0.2, 0.25) is 5.91 Å². The Hall–Kier alpha value is -2.12. The van der Waals surface area contributed by atoms with Gasteiger partial charge in [-0.2, -0.15) is 9.78 Å². The van der Waals surface area contributed by atoms with Crippen molar-refractivity contribution in [3.8, 4) is 5.69 Å². The summed E-state index contributed by atoms with van der Waals surface area (Å²) >= 11 is 0. The Kier molecular flexibility index (Phi) is 5.48. The van der Waals surface area contributed by atoms with Crippen LogP contribution in [-0.2, 0) is 11.8 Å². The summed E-state index contributed by atoms with van der Waals surface area (Å²) < 4.78 is 2.68. The zero-order valence-electron chi connectivity index (χ0n) is 11.2. The van der Waals surface area contributed by atoms with Crippen molar-refractivity contribution >= 4 is 24.0 Å². The summed E-state index contributed by atoms with van der Waals surface area (Å²) in [5, 5.41) is 9.47. The lowest BCUT2D eigenvalue weighted by Gasteiger charge is -2.05. The minimum atomic E-state index is -0.216. The Balaban J connectivity index is 0.00000200. The van der Waals surface area contributed by atoms with Gasteiger partial charge in [0.1, 0.15) is 6.33 Å². The Morgan fingerprint density at radius 3 is 2.45 bits per heavy atom. The van der Waals surface area contributed by atoms with Crippen molar-refractivity contribution in [2.24, 2.45) is 7.05 Å². The van der Waals surface area contributed by atoms with Crippen LogP contribution in [0.25, 0.3) is 5.69 Å². The van der Waals surface area contributed by atoms with Gasteiger partial charge in [-0.25, -0.2) is 4.79 Å². The maximum absolute atomic E-state index is 11.7. The second-order valence-corrected chi connectivity index (χ2v) is 4.06. The first-order valence-corrected chi connectivity index (χ1v) is 5.77. The van der Waals surface area contributed by atoms with Crippen LogP contribution >= 0.6 is 12.4 Å². The minimum absolute atomic E-state index is 0. The van der Waals surface area contributed by atoms with E-state index >= 15 is 0 Å². The van der Waals surface area contributed by atoms with E-state index in [0.29, 0.717) is 11.4 Å². The molecular formula is C12H16ClN5O2. The fourth-order valence-corrected chi connectivity index (χ4v) is 1.61. The third kappa shape index (κ3) is 3.46. The van der Waals surface area contributed by atoms with E-state index in [9.17, 15) is 9.59 Å². The lowest BCUT2D eigenvalue weighted by Crippen LogP contribution is -2.25. The van der Waals surface area contributed by atoms with Crippen LogP contribution in [0.2, 0.25) is 0 Å². The molecule has 1 aromatic heterocycles. The molecule has 108 valence electrons. The molecule has 1 amide bonds. The number of carbonyl (C=O) groups is 1. The van der Waals surface area contributed by atoms with Crippen molar-refractivity contribution in [3.63, 3.8) is 0 Å². The Labute approximate surface area is 122 Å². The molecule has 20 heavy (non-hydrogen) atoms. The van der Waals surface area contributed by atoms with Gasteiger partial charge in [-0.3, -0.25) is 9.36 Å². The molecule has 0 bridgehead atoms. The summed E-state index contributed by atoms with van der Waals surface area (Å²) in [5.74, 6) is -0.120. The summed E-state index contributed by atoms with van der Waals surface area (Å²) in [4.78, 5) is 23.1. The Morgan fingerprint density at radius 2 is 1.95 bits per heavy atom. The van der Waals surface area contributed by atoms with Gasteiger partial charge in [0, 0.05) is 12.7 Å². The van der Waals surface area contributed by atoms with Crippen LogP contribution in [-0.4, -0.2) is 33.8 Å². The summed E-state index contributed by atoms with van der Waals surface area (Å²) in [6, 6.07) is 6.90. The Bertz CT molecular complexity index is 632. The maximum Gasteiger partial charge on any atom is 0.350 e. The molecule has 2 aromatic rings. The number of hydrogen-bond donors (Lipinski definition) is 2. The van der Waals surface area contributed by atoms with E-state index in [-0.39, 0.29) is 30.5 Å². The minimum Gasteiger partial charge on any atom is -0.325 e. The van der Waals surface area contributed by atoms with Gasteiger partial charge in [0.05, 0.1) is 12.2 Å². The van der Waals surface area contributed by atoms with Gasteiger partial charge >= 0.3 is 5.69 Å². The van der Waals surface area contributed by atoms with E-state index in [4.69, 9.17) is 0 Å². The largest absolute Gasteiger partial charge is 0.350 e. The number of aryl methyl sites for hydroxylation is 1. The summed E-state index contributed by atoms with van der Waals surface area (Å²) in [6.45, 7) is 0.251. The highest BCUT2D eigenvalue weighted by atomic mass is 35.5. The molecule has 7 nitrogen and oxygen atoms in total. The van der Waals surface area contributed by atoms with Gasteiger partial charge in [-0.15, -0.1) is 12.4 Å². The highest BCUT2D eigenvalue weighted by Crippen LogP contribution is 2.11. The van der Waals surface area contributed by atoms with E-state index in [1.807, 2.05) is 0 Å². The fraction of sp³-hybridized carbons (Fsp3) is 0.250. The number of carbonyl (C=O) groups excluding carboxylic acids is 1. The van der Waals surface area contributed by atoms with Crippen LogP contribution in [0.15, 0.2) is 35.4 Å². The zero-order chi connectivity index (χ0) is 13.8. The number of nitrogens with zero attached hydrogens (tertiary/aromatic N) is 3. The molecule has 0 atom stereocenters. The summed E-state index contributed by atoms with van der Waals surface area (Å²) in [7, 11) is 3.34. The van der Waals surface area contributed by atoms with Crippen LogP contribution in [0.1, 0.15) is 0 Å². The lowest BCUT2D eigenvalue weighted by molar-refractivity contribution is -0.115. The van der Waals surface area contributed by atoms with E-state index in [1.54, 1.807) is 38.4 Å². The molecule has 0 aliphatic carbocycles. The van der Waals surface area contributed by atoms with Crippen LogP contribution in [0.3, 0.4) is 0 Å². The first-order valence-electron chi connectivity index (χ1n) is 5.77. The average molecular weight is 298 g/mol. The third-order valence-corrected chi connectivity index (χ3v) is 2.56. The quantitative estimate of drug-likeness (QED) is 0.842. The molecular weight excluding hydrogens is 282 g/mol. The predicted octanol–water partition coefficient (Wildman–Crippen LogP) is 0.151. The molecule has 1 heterocycles. The first-order chi connectivity index (χ1) is 9.11. The van der Waals surface area contributed by atoms with Crippen molar-refractivity contribution < 1.29 is 4.79 Å². The number of hydrogen-bond acceptors (Lipinski definition) is 4. The van der Waals surface area contributed by atoms with Crippen molar-refractivity contribution in [1.82, 2.24) is 19.7 Å². The number of anilines is 1. The number of aromatic nitrogens is 3. The molecule has 0 aliphatic heterocycles. The van der Waals surface area contributed by atoms with Gasteiger partial charge in [0.25, 0.3) is 0 Å². The first kappa shape index (κ1) is 15.9. The van der Waals surface area contributed by atoms with E-state index < -0.39 is 0 Å². The van der Waals surface area contributed by atoms with Gasteiger partial charge < -0.3 is 10.6 Å². The monoisotopic (exact) mass is 297 g/mol. The predicted molar refractivity (Wildman–Crippen MR) is 78.6 cm³/mol. The SMILES string of the molecule is CNCC(=O)Nc1ccc(-n2ncn(C)c2=O)cc1.Cl. The number of likely N-dealkylation sites (N-methyl/N-ethyl adjacent to an activating group) is 1. The maximum atomic E-state index is 11.7. The second-order valence-electron chi connectivity index (χ2n) is 4.06. The van der Waals surface area contributed by atoms with Crippen LogP contribution in [0.5, 0.6) is 0 Å². The third-order valence-electron chi connectivity index (χ3n) is 2.56. The topological polar surface area (TPSA) is 81.0 Å². The molecule has 0 spiro atoms. The highest BCUT2D eigenvalue weighted by Gasteiger charge is 2.05. The number of nitrogens with one attached hydrogen (secondary N) is 2. The van der Waals surface area contributed by atoms with Crippen molar-refractivity contribution in [2.45, 2.75) is 0 Å². The van der Waals surface area contributed by atoms with Crippen LogP contribution in [0.4, 0.5) is 5.69 Å². The number of halogens is 1. The molecule has 0 radical (unpaired) electrons. The molecule has 0 aliphatic rings. The van der Waals surface area contributed by atoms with Crippen LogP contribution < -0.4 is 16.3 Å². The van der Waals surface area contributed by atoms with E-state index in [1.165, 1.54) is 15.6 Å². The molecule has 0 unspecified atom stereocenters. The standard InChI is InChI=1S/C12H15N5O2.ClH/c1-13-7-11(18)15-9-3-5-10(6-4-9)17-12(19)16(2)8-14-17;/h3-6,8,13H,7H2,1-2H3,(H,15,18);1H. The molecule has 8 heteroatoms. The summed E-state index contributed by atoms with van der Waals surface area (Å²) in [6.07, 6.45) is 1.45. The van der Waals surface area contributed by atoms with E-state index in [0.717, 1.165) is 0 Å². The number of benzene rings is 1. The summed E-state index contributed by atoms with van der Waals surface area (Å²) in [5.41, 5.74) is 1.11. The van der Waals surface area contributed by atoms with Gasteiger partial charge in [-0.05, 0) is 31.3 Å². The van der Waals surface area contributed by atoms with Gasteiger partial charge in [0.15, 0.2) is 0 Å². The average Bonchev–Trinajstić information content (AvgIpc) is 2.71.